The molecule has 0 spiro atoms. The lowest BCUT2D eigenvalue weighted by molar-refractivity contribution is -0.141. The van der Waals surface area contributed by atoms with Gasteiger partial charge in [-0.3, -0.25) is 9.79 Å². The molecule has 0 saturated heterocycles. The molecule has 0 N–H and O–H groups in total. The molecule has 178 valence electrons. The van der Waals surface area contributed by atoms with E-state index in [9.17, 15) is 4.79 Å². The smallest absolute Gasteiger partial charge is 0.307 e. The maximum absolute atomic E-state index is 11.1. The Morgan fingerprint density at radius 3 is 2.42 bits per heavy atom. The average Bonchev–Trinajstić information content (AvgIpc) is 3.23. The van der Waals surface area contributed by atoms with Gasteiger partial charge >= 0.3 is 5.97 Å². The molecule has 0 radical (unpaired) electrons. The molecule has 0 saturated carbocycles. The van der Waals surface area contributed by atoms with Crippen molar-refractivity contribution < 1.29 is 14.3 Å². The van der Waals surface area contributed by atoms with Gasteiger partial charge in [0, 0.05) is 19.5 Å². The highest BCUT2D eigenvalue weighted by atomic mass is 16.5. The van der Waals surface area contributed by atoms with Crippen molar-refractivity contribution in [3.8, 4) is 0 Å². The second-order valence-corrected chi connectivity index (χ2v) is 8.20. The zero-order valence-electron chi connectivity index (χ0n) is 20.2. The van der Waals surface area contributed by atoms with Crippen LogP contribution in [0.15, 0.2) is 29.3 Å². The van der Waals surface area contributed by atoms with Gasteiger partial charge in [0.1, 0.15) is 0 Å². The SMILES string of the molecule is CCCCC/C=C/C/C=C/CCCCCCCC1=NCCN1CCOCCC(=O)OC. The lowest BCUT2D eigenvalue weighted by Gasteiger charge is -2.20. The Kier molecular flexibility index (Phi) is 17.9. The van der Waals surface area contributed by atoms with Gasteiger partial charge in [-0.25, -0.2) is 0 Å². The van der Waals surface area contributed by atoms with Crippen molar-refractivity contribution in [2.75, 3.05) is 40.0 Å². The molecule has 0 unspecified atom stereocenters. The number of unbranched alkanes of at least 4 members (excludes halogenated alkanes) is 8. The van der Waals surface area contributed by atoms with Gasteiger partial charge in [0.2, 0.25) is 0 Å². The van der Waals surface area contributed by atoms with Crippen molar-refractivity contribution in [2.24, 2.45) is 4.99 Å². The summed E-state index contributed by atoms with van der Waals surface area (Å²) in [5.41, 5.74) is 0. The Balaban J connectivity index is 1.93. The van der Waals surface area contributed by atoms with E-state index >= 15 is 0 Å². The fourth-order valence-corrected chi connectivity index (χ4v) is 3.64. The summed E-state index contributed by atoms with van der Waals surface area (Å²) in [6, 6.07) is 0. The Bertz CT molecular complexity index is 529. The van der Waals surface area contributed by atoms with Crippen LogP contribution in [0.1, 0.15) is 90.4 Å². The summed E-state index contributed by atoms with van der Waals surface area (Å²) < 4.78 is 10.2. The first-order valence-corrected chi connectivity index (χ1v) is 12.5. The molecule has 0 aromatic carbocycles. The van der Waals surface area contributed by atoms with E-state index in [-0.39, 0.29) is 5.97 Å². The molecule has 0 bridgehead atoms. The predicted molar refractivity (Wildman–Crippen MR) is 131 cm³/mol. The molecular formula is C26H46N2O3. The molecule has 0 aromatic heterocycles. The fourth-order valence-electron chi connectivity index (χ4n) is 3.64. The predicted octanol–water partition coefficient (Wildman–Crippen LogP) is 6.09. The topological polar surface area (TPSA) is 51.1 Å². The van der Waals surface area contributed by atoms with Crippen molar-refractivity contribution in [3.05, 3.63) is 24.3 Å². The highest BCUT2D eigenvalue weighted by Gasteiger charge is 2.15. The van der Waals surface area contributed by atoms with E-state index in [0.29, 0.717) is 19.6 Å². The van der Waals surface area contributed by atoms with Gasteiger partial charge in [-0.15, -0.1) is 0 Å². The molecule has 1 aliphatic heterocycles. The van der Waals surface area contributed by atoms with Crippen molar-refractivity contribution in [1.82, 2.24) is 4.90 Å². The van der Waals surface area contributed by atoms with E-state index in [1.807, 2.05) is 0 Å². The second kappa shape index (κ2) is 20.3. The first-order valence-electron chi connectivity index (χ1n) is 12.5. The Hall–Kier alpha value is -1.62. The van der Waals surface area contributed by atoms with E-state index in [4.69, 9.17) is 4.74 Å². The van der Waals surface area contributed by atoms with E-state index in [1.54, 1.807) is 0 Å². The first-order chi connectivity index (χ1) is 15.3. The zero-order chi connectivity index (χ0) is 22.4. The van der Waals surface area contributed by atoms with Gasteiger partial charge < -0.3 is 14.4 Å². The number of nitrogens with zero attached hydrogens (tertiary/aromatic N) is 2. The van der Waals surface area contributed by atoms with Gasteiger partial charge in [0.15, 0.2) is 0 Å². The molecule has 1 aliphatic rings. The minimum atomic E-state index is -0.218. The molecule has 0 aromatic rings. The van der Waals surface area contributed by atoms with Crippen LogP contribution in [0.25, 0.3) is 0 Å². The highest BCUT2D eigenvalue weighted by molar-refractivity contribution is 5.83. The van der Waals surface area contributed by atoms with E-state index < -0.39 is 0 Å². The molecule has 5 nitrogen and oxygen atoms in total. The highest BCUT2D eigenvalue weighted by Crippen LogP contribution is 2.12. The average molecular weight is 435 g/mol. The molecule has 0 amide bonds. The van der Waals surface area contributed by atoms with Crippen molar-refractivity contribution >= 4 is 11.8 Å². The van der Waals surface area contributed by atoms with E-state index in [1.165, 1.54) is 77.2 Å². The number of esters is 1. The monoisotopic (exact) mass is 434 g/mol. The van der Waals surface area contributed by atoms with Crippen LogP contribution < -0.4 is 0 Å². The summed E-state index contributed by atoms with van der Waals surface area (Å²) in [6.07, 6.45) is 24.6. The molecular weight excluding hydrogens is 388 g/mol. The van der Waals surface area contributed by atoms with Gasteiger partial charge in [-0.1, -0.05) is 63.3 Å². The maximum Gasteiger partial charge on any atom is 0.307 e. The number of carbonyl (C=O) groups is 1. The molecule has 1 rings (SSSR count). The summed E-state index contributed by atoms with van der Waals surface area (Å²) >= 11 is 0. The largest absolute Gasteiger partial charge is 0.469 e. The Morgan fingerprint density at radius 2 is 1.68 bits per heavy atom. The van der Waals surface area contributed by atoms with Gasteiger partial charge in [0.05, 0.1) is 39.1 Å². The molecule has 5 heteroatoms. The number of allylic oxidation sites excluding steroid dienone is 4. The van der Waals surface area contributed by atoms with Crippen LogP contribution in [-0.4, -0.2) is 56.7 Å². The minimum Gasteiger partial charge on any atom is -0.469 e. The summed E-state index contributed by atoms with van der Waals surface area (Å²) in [6.45, 7) is 6.07. The normalized spacial score (nSPS) is 14.1. The quantitative estimate of drug-likeness (QED) is 0.132. The lowest BCUT2D eigenvalue weighted by Crippen LogP contribution is -2.31. The number of amidine groups is 1. The van der Waals surface area contributed by atoms with Gasteiger partial charge in [-0.2, -0.15) is 0 Å². The molecule has 31 heavy (non-hydrogen) atoms. The minimum absolute atomic E-state index is 0.218. The molecule has 0 fully saturated rings. The molecule has 1 heterocycles. The number of ether oxygens (including phenoxy) is 2. The number of hydrogen-bond acceptors (Lipinski definition) is 5. The van der Waals surface area contributed by atoms with Crippen LogP contribution in [0.3, 0.4) is 0 Å². The number of rotatable bonds is 20. The van der Waals surface area contributed by atoms with Crippen LogP contribution >= 0.6 is 0 Å². The summed E-state index contributed by atoms with van der Waals surface area (Å²) in [5, 5.41) is 0. The molecule has 0 atom stereocenters. The third-order valence-corrected chi connectivity index (χ3v) is 5.56. The van der Waals surface area contributed by atoms with Crippen LogP contribution in [-0.2, 0) is 14.3 Å². The third kappa shape index (κ3) is 15.8. The summed E-state index contributed by atoms with van der Waals surface area (Å²) in [7, 11) is 1.40. The van der Waals surface area contributed by atoms with Crippen molar-refractivity contribution in [1.29, 1.82) is 0 Å². The molecule has 0 aliphatic carbocycles. The third-order valence-electron chi connectivity index (χ3n) is 5.56. The number of carbonyl (C=O) groups excluding carboxylic acids is 1. The van der Waals surface area contributed by atoms with Crippen molar-refractivity contribution in [3.63, 3.8) is 0 Å². The van der Waals surface area contributed by atoms with Gasteiger partial charge in [-0.05, 0) is 38.5 Å². The zero-order valence-corrected chi connectivity index (χ0v) is 20.2. The summed E-state index contributed by atoms with van der Waals surface area (Å²) in [4.78, 5) is 18.1. The second-order valence-electron chi connectivity index (χ2n) is 8.20. The maximum atomic E-state index is 11.1. The number of methoxy groups -OCH3 is 1. The van der Waals surface area contributed by atoms with E-state index in [2.05, 4.69) is 45.9 Å². The van der Waals surface area contributed by atoms with Gasteiger partial charge in [0.25, 0.3) is 0 Å². The van der Waals surface area contributed by atoms with Crippen LogP contribution in [0.5, 0.6) is 0 Å². The van der Waals surface area contributed by atoms with Crippen LogP contribution in [0.2, 0.25) is 0 Å². The number of hydrogen-bond donors (Lipinski definition) is 0. The van der Waals surface area contributed by atoms with E-state index in [0.717, 1.165) is 32.5 Å². The fraction of sp³-hybridized carbons (Fsp3) is 0.769. The van der Waals surface area contributed by atoms with Crippen molar-refractivity contribution in [2.45, 2.75) is 90.4 Å². The number of aliphatic imine (C=N–C) groups is 1. The Labute approximate surface area is 191 Å². The Morgan fingerprint density at radius 1 is 0.968 bits per heavy atom. The summed E-state index contributed by atoms with van der Waals surface area (Å²) in [5.74, 6) is 1.02. The first kappa shape index (κ1) is 27.4. The van der Waals surface area contributed by atoms with Crippen LogP contribution in [0, 0.1) is 0 Å². The lowest BCUT2D eigenvalue weighted by atomic mass is 10.1. The standard InChI is InChI=1S/C26H46N2O3/c1-3-4-5-6-7-8-9-10-11-12-13-14-15-16-17-18-25-27-20-21-28(25)22-24-31-23-19-26(29)30-2/h7-8,10-11H,3-6,9,12-24H2,1-2H3/b8-7+,11-10+. The van der Waals surface area contributed by atoms with Crippen LogP contribution in [0.4, 0.5) is 0 Å².